The molecule has 0 saturated carbocycles. The van der Waals surface area contributed by atoms with Gasteiger partial charge >= 0.3 is 0 Å². The molecule has 0 unspecified atom stereocenters. The maximum Gasteiger partial charge on any atom is 0.248 e. The van der Waals surface area contributed by atoms with Gasteiger partial charge in [-0.1, -0.05) is 45.0 Å². The van der Waals surface area contributed by atoms with Crippen molar-refractivity contribution in [3.8, 4) is 0 Å². The summed E-state index contributed by atoms with van der Waals surface area (Å²) in [6, 6.07) is 8.47. The molecule has 1 aromatic rings. The molecule has 0 aromatic heterocycles. The molecule has 132 valence electrons. The Labute approximate surface area is 144 Å². The molecule has 2 rings (SSSR count). The number of nitrogens with zero attached hydrogens (tertiary/aromatic N) is 1. The van der Waals surface area contributed by atoms with Crippen LogP contribution in [0.2, 0.25) is 0 Å². The van der Waals surface area contributed by atoms with E-state index in [0.29, 0.717) is 32.7 Å². The Morgan fingerprint density at radius 3 is 2.58 bits per heavy atom. The Hall–Kier alpha value is -1.88. The normalized spacial score (nSPS) is 15.5. The second-order valence-corrected chi connectivity index (χ2v) is 7.23. The van der Waals surface area contributed by atoms with Gasteiger partial charge in [0.25, 0.3) is 0 Å². The highest BCUT2D eigenvalue weighted by atomic mass is 16.5. The Morgan fingerprint density at radius 1 is 1.25 bits per heavy atom. The van der Waals surface area contributed by atoms with Gasteiger partial charge in [0.05, 0.1) is 6.61 Å². The monoisotopic (exact) mass is 332 g/mol. The lowest BCUT2D eigenvalue weighted by atomic mass is 9.86. The summed E-state index contributed by atoms with van der Waals surface area (Å²) in [5.74, 6) is 0.0186. The van der Waals surface area contributed by atoms with E-state index >= 15 is 0 Å². The number of hydrogen-bond acceptors (Lipinski definition) is 3. The summed E-state index contributed by atoms with van der Waals surface area (Å²) in [6.45, 7) is 8.94. The Morgan fingerprint density at radius 2 is 1.96 bits per heavy atom. The average molecular weight is 332 g/mol. The molecule has 1 N–H and O–H groups in total. The van der Waals surface area contributed by atoms with Gasteiger partial charge in [0, 0.05) is 26.1 Å². The molecular weight excluding hydrogens is 304 g/mol. The van der Waals surface area contributed by atoms with E-state index < -0.39 is 0 Å². The van der Waals surface area contributed by atoms with Crippen LogP contribution in [0.3, 0.4) is 0 Å². The summed E-state index contributed by atoms with van der Waals surface area (Å²) in [7, 11) is 0. The molecule has 24 heavy (non-hydrogen) atoms. The lowest BCUT2D eigenvalue weighted by Crippen LogP contribution is -2.45. The van der Waals surface area contributed by atoms with Gasteiger partial charge in [-0.3, -0.25) is 9.59 Å². The maximum absolute atomic E-state index is 11.9. The first-order valence-corrected chi connectivity index (χ1v) is 8.58. The van der Waals surface area contributed by atoms with Crippen molar-refractivity contribution in [3.05, 3.63) is 35.4 Å². The van der Waals surface area contributed by atoms with Gasteiger partial charge in [0.1, 0.15) is 6.61 Å². The summed E-state index contributed by atoms with van der Waals surface area (Å²) in [4.78, 5) is 25.2. The van der Waals surface area contributed by atoms with Crippen molar-refractivity contribution < 1.29 is 14.3 Å². The molecule has 1 heterocycles. The predicted octanol–water partition coefficient (Wildman–Crippen LogP) is 1.89. The van der Waals surface area contributed by atoms with E-state index in [4.69, 9.17) is 4.74 Å². The molecule has 0 aliphatic carbocycles. The van der Waals surface area contributed by atoms with Crippen LogP contribution in [0.1, 0.15) is 38.3 Å². The predicted molar refractivity (Wildman–Crippen MR) is 93.9 cm³/mol. The van der Waals surface area contributed by atoms with Crippen molar-refractivity contribution in [1.29, 1.82) is 0 Å². The molecular formula is C19H28N2O3. The first-order valence-electron chi connectivity index (χ1n) is 8.58. The van der Waals surface area contributed by atoms with Crippen molar-refractivity contribution in [2.75, 3.05) is 32.8 Å². The summed E-state index contributed by atoms with van der Waals surface area (Å²) in [5, 5.41) is 2.88. The molecule has 0 bridgehead atoms. The van der Waals surface area contributed by atoms with Crippen LogP contribution in [0.5, 0.6) is 0 Å². The van der Waals surface area contributed by atoms with Gasteiger partial charge in [0.2, 0.25) is 11.8 Å². The van der Waals surface area contributed by atoms with Crippen molar-refractivity contribution >= 4 is 11.8 Å². The number of amides is 2. The topological polar surface area (TPSA) is 58.6 Å². The van der Waals surface area contributed by atoms with E-state index in [2.05, 4.69) is 50.4 Å². The third-order valence-electron chi connectivity index (χ3n) is 4.25. The fraction of sp³-hybridized carbons (Fsp3) is 0.579. The van der Waals surface area contributed by atoms with E-state index in [1.165, 1.54) is 11.1 Å². The van der Waals surface area contributed by atoms with Gasteiger partial charge < -0.3 is 15.0 Å². The van der Waals surface area contributed by atoms with Crippen LogP contribution in [-0.2, 0) is 26.2 Å². The Balaban J connectivity index is 1.68. The van der Waals surface area contributed by atoms with Crippen LogP contribution in [-0.4, -0.2) is 49.6 Å². The molecule has 0 atom stereocenters. The third kappa shape index (κ3) is 5.64. The van der Waals surface area contributed by atoms with E-state index in [0.717, 1.165) is 6.42 Å². The number of benzene rings is 1. The van der Waals surface area contributed by atoms with E-state index in [1.54, 1.807) is 4.90 Å². The fourth-order valence-corrected chi connectivity index (χ4v) is 2.63. The summed E-state index contributed by atoms with van der Waals surface area (Å²) < 4.78 is 5.08. The van der Waals surface area contributed by atoms with Gasteiger partial charge in [0.15, 0.2) is 0 Å². The van der Waals surface area contributed by atoms with Gasteiger partial charge in [-0.05, 0) is 23.0 Å². The quantitative estimate of drug-likeness (QED) is 0.865. The van der Waals surface area contributed by atoms with E-state index in [-0.39, 0.29) is 23.8 Å². The zero-order valence-electron chi connectivity index (χ0n) is 14.9. The largest absolute Gasteiger partial charge is 0.370 e. The molecule has 2 amide bonds. The fourth-order valence-electron chi connectivity index (χ4n) is 2.63. The number of morpholine rings is 1. The van der Waals surface area contributed by atoms with E-state index in [1.807, 2.05) is 0 Å². The van der Waals surface area contributed by atoms with Crippen molar-refractivity contribution in [2.24, 2.45) is 0 Å². The summed E-state index contributed by atoms with van der Waals surface area (Å²) in [5.41, 5.74) is 2.61. The first kappa shape index (κ1) is 18.5. The number of carbonyl (C=O) groups excluding carboxylic acids is 2. The lowest BCUT2D eigenvalue weighted by Gasteiger charge is -2.26. The van der Waals surface area contributed by atoms with Crippen molar-refractivity contribution in [1.82, 2.24) is 10.2 Å². The minimum Gasteiger partial charge on any atom is -0.370 e. The molecule has 1 aliphatic heterocycles. The molecule has 0 spiro atoms. The van der Waals surface area contributed by atoms with Crippen LogP contribution >= 0.6 is 0 Å². The van der Waals surface area contributed by atoms with Crippen LogP contribution in [0.25, 0.3) is 0 Å². The van der Waals surface area contributed by atoms with Gasteiger partial charge in [-0.15, -0.1) is 0 Å². The number of aryl methyl sites for hydroxylation is 1. The molecule has 5 heteroatoms. The highest BCUT2D eigenvalue weighted by Crippen LogP contribution is 2.22. The molecule has 5 nitrogen and oxygen atoms in total. The molecule has 1 aromatic carbocycles. The zero-order chi connectivity index (χ0) is 17.6. The highest BCUT2D eigenvalue weighted by Gasteiger charge is 2.18. The second-order valence-electron chi connectivity index (χ2n) is 7.23. The minimum absolute atomic E-state index is 0.00515. The summed E-state index contributed by atoms with van der Waals surface area (Å²) in [6.07, 6.45) is 1.19. The number of ether oxygens (including phenoxy) is 1. The zero-order valence-corrected chi connectivity index (χ0v) is 14.9. The van der Waals surface area contributed by atoms with Crippen molar-refractivity contribution in [3.63, 3.8) is 0 Å². The molecule has 1 saturated heterocycles. The van der Waals surface area contributed by atoms with Crippen LogP contribution in [0, 0.1) is 0 Å². The van der Waals surface area contributed by atoms with E-state index in [9.17, 15) is 9.59 Å². The van der Waals surface area contributed by atoms with Gasteiger partial charge in [-0.2, -0.15) is 0 Å². The lowest BCUT2D eigenvalue weighted by molar-refractivity contribution is -0.142. The Kier molecular flexibility index (Phi) is 6.37. The van der Waals surface area contributed by atoms with Crippen LogP contribution in [0.15, 0.2) is 24.3 Å². The number of rotatable bonds is 6. The number of hydrogen-bond donors (Lipinski definition) is 1. The Bertz CT molecular complexity index is 561. The van der Waals surface area contributed by atoms with Crippen LogP contribution in [0.4, 0.5) is 0 Å². The molecule has 1 fully saturated rings. The number of nitrogens with one attached hydrogen (secondary N) is 1. The van der Waals surface area contributed by atoms with Crippen LogP contribution < -0.4 is 5.32 Å². The average Bonchev–Trinajstić information content (AvgIpc) is 2.54. The first-order chi connectivity index (χ1) is 11.4. The maximum atomic E-state index is 11.9. The van der Waals surface area contributed by atoms with Gasteiger partial charge in [-0.25, -0.2) is 0 Å². The summed E-state index contributed by atoms with van der Waals surface area (Å²) >= 11 is 0. The second kappa shape index (κ2) is 8.29. The minimum atomic E-state index is -0.00515. The molecule has 0 radical (unpaired) electrons. The number of carbonyl (C=O) groups is 2. The SMILES string of the molecule is CC(C)(C)c1ccc(CCC(=O)NCCN2CCOCC2=O)cc1. The smallest absolute Gasteiger partial charge is 0.248 e. The molecule has 1 aliphatic rings. The highest BCUT2D eigenvalue weighted by molar-refractivity contribution is 5.78. The van der Waals surface area contributed by atoms with Crippen molar-refractivity contribution in [2.45, 2.75) is 39.0 Å². The third-order valence-corrected chi connectivity index (χ3v) is 4.25. The standard InChI is InChI=1S/C19H28N2O3/c1-19(2,3)16-7-4-15(5-8-16)6-9-17(22)20-10-11-21-12-13-24-14-18(21)23/h4-5,7-8H,6,9-14H2,1-3H3,(H,20,22).